The van der Waals surface area contributed by atoms with Crippen LogP contribution in [0.2, 0.25) is 0 Å². The molecule has 0 saturated carbocycles. The van der Waals surface area contributed by atoms with Crippen LogP contribution in [-0.2, 0) is 0 Å². The van der Waals surface area contributed by atoms with Gasteiger partial charge < -0.3 is 9.26 Å². The van der Waals surface area contributed by atoms with Gasteiger partial charge in [0.15, 0.2) is 0 Å². The number of benzene rings is 1. The zero-order valence-electron chi connectivity index (χ0n) is 8.38. The molecule has 1 heterocycles. The van der Waals surface area contributed by atoms with E-state index in [0.717, 1.165) is 17.0 Å². The highest BCUT2D eigenvalue weighted by Crippen LogP contribution is 2.13. The molecular formula is C12H11NO2. The molecule has 76 valence electrons. The molecule has 0 unspecified atom stereocenters. The summed E-state index contributed by atoms with van der Waals surface area (Å²) >= 11 is 0. The number of hydrogen-bond acceptors (Lipinski definition) is 3. The minimum Gasteiger partial charge on any atom is -0.497 e. The third-order valence-electron chi connectivity index (χ3n) is 2.02. The Kier molecular flexibility index (Phi) is 2.83. The molecule has 0 spiro atoms. The Morgan fingerprint density at radius 2 is 1.93 bits per heavy atom. The molecule has 0 N–H and O–H groups in total. The molecule has 2 rings (SSSR count). The predicted octanol–water partition coefficient (Wildman–Crippen LogP) is 2.85. The molecule has 0 saturated heterocycles. The van der Waals surface area contributed by atoms with Crippen LogP contribution in [-0.4, -0.2) is 12.3 Å². The van der Waals surface area contributed by atoms with Crippen LogP contribution in [0, 0.1) is 0 Å². The zero-order chi connectivity index (χ0) is 10.5. The van der Waals surface area contributed by atoms with Gasteiger partial charge in [0.05, 0.1) is 7.11 Å². The van der Waals surface area contributed by atoms with Crippen LogP contribution < -0.4 is 4.74 Å². The van der Waals surface area contributed by atoms with Gasteiger partial charge in [0.1, 0.15) is 17.7 Å². The first kappa shape index (κ1) is 9.52. The Hall–Kier alpha value is -2.03. The van der Waals surface area contributed by atoms with E-state index in [1.807, 2.05) is 36.4 Å². The fraction of sp³-hybridized carbons (Fsp3) is 0.0833. The Balaban J connectivity index is 2.11. The first-order valence-corrected chi connectivity index (χ1v) is 4.61. The maximum Gasteiger partial charge on any atom is 0.124 e. The van der Waals surface area contributed by atoms with E-state index in [-0.39, 0.29) is 0 Å². The Morgan fingerprint density at radius 3 is 2.53 bits per heavy atom. The van der Waals surface area contributed by atoms with Gasteiger partial charge in [-0.05, 0) is 23.8 Å². The van der Waals surface area contributed by atoms with Crippen molar-refractivity contribution in [3.63, 3.8) is 0 Å². The highest BCUT2D eigenvalue weighted by Gasteiger charge is 1.91. The fourth-order valence-corrected chi connectivity index (χ4v) is 1.20. The average molecular weight is 201 g/mol. The van der Waals surface area contributed by atoms with E-state index < -0.39 is 0 Å². The number of nitrogens with zero attached hydrogens (tertiary/aromatic N) is 1. The third-order valence-corrected chi connectivity index (χ3v) is 2.02. The van der Waals surface area contributed by atoms with Crippen LogP contribution in [0.15, 0.2) is 41.1 Å². The SMILES string of the molecule is COc1ccc(C=Cc2ccon2)cc1. The van der Waals surface area contributed by atoms with Gasteiger partial charge in [-0.25, -0.2) is 0 Å². The first-order chi connectivity index (χ1) is 7.38. The van der Waals surface area contributed by atoms with E-state index >= 15 is 0 Å². The second-order valence-electron chi connectivity index (χ2n) is 3.03. The summed E-state index contributed by atoms with van der Waals surface area (Å²) in [5.41, 5.74) is 1.91. The molecule has 3 nitrogen and oxygen atoms in total. The maximum absolute atomic E-state index is 5.07. The van der Waals surface area contributed by atoms with E-state index in [1.54, 1.807) is 19.4 Å². The summed E-state index contributed by atoms with van der Waals surface area (Å²) in [7, 11) is 1.65. The molecule has 0 amide bonds. The smallest absolute Gasteiger partial charge is 0.124 e. The van der Waals surface area contributed by atoms with Crippen LogP contribution in [0.3, 0.4) is 0 Å². The predicted molar refractivity (Wildman–Crippen MR) is 58.4 cm³/mol. The van der Waals surface area contributed by atoms with Crippen molar-refractivity contribution in [2.24, 2.45) is 0 Å². The molecule has 1 aromatic heterocycles. The van der Waals surface area contributed by atoms with Crippen molar-refractivity contribution >= 4 is 12.2 Å². The van der Waals surface area contributed by atoms with Crippen LogP contribution in [0.25, 0.3) is 12.2 Å². The summed E-state index contributed by atoms with van der Waals surface area (Å²) in [5.74, 6) is 0.855. The normalized spacial score (nSPS) is 10.7. The summed E-state index contributed by atoms with van der Waals surface area (Å²) in [5, 5.41) is 3.78. The minimum absolute atomic E-state index is 0.811. The molecule has 1 aromatic carbocycles. The summed E-state index contributed by atoms with van der Waals surface area (Å²) in [6.07, 6.45) is 5.41. The van der Waals surface area contributed by atoms with Gasteiger partial charge in [-0.3, -0.25) is 0 Å². The Bertz CT molecular complexity index is 429. The molecule has 0 fully saturated rings. The van der Waals surface area contributed by atoms with Crippen molar-refractivity contribution in [1.82, 2.24) is 5.16 Å². The van der Waals surface area contributed by atoms with Crippen LogP contribution >= 0.6 is 0 Å². The van der Waals surface area contributed by atoms with Gasteiger partial charge in [-0.2, -0.15) is 0 Å². The van der Waals surface area contributed by atoms with E-state index in [4.69, 9.17) is 9.26 Å². The quantitative estimate of drug-likeness (QED) is 0.765. The monoisotopic (exact) mass is 201 g/mol. The molecule has 0 radical (unpaired) electrons. The molecule has 0 aliphatic heterocycles. The van der Waals surface area contributed by atoms with Crippen LogP contribution in [0.5, 0.6) is 5.75 Å². The average Bonchev–Trinajstić information content (AvgIpc) is 2.80. The van der Waals surface area contributed by atoms with Crippen molar-refractivity contribution in [1.29, 1.82) is 0 Å². The lowest BCUT2D eigenvalue weighted by Crippen LogP contribution is -1.81. The highest BCUT2D eigenvalue weighted by atomic mass is 16.5. The number of rotatable bonds is 3. The van der Waals surface area contributed by atoms with Crippen LogP contribution in [0.1, 0.15) is 11.3 Å². The summed E-state index contributed by atoms with van der Waals surface area (Å²) in [4.78, 5) is 0. The van der Waals surface area contributed by atoms with Gasteiger partial charge in [0.25, 0.3) is 0 Å². The van der Waals surface area contributed by atoms with E-state index in [2.05, 4.69) is 5.16 Å². The molecule has 0 aliphatic rings. The zero-order valence-corrected chi connectivity index (χ0v) is 8.38. The molecule has 2 aromatic rings. The van der Waals surface area contributed by atoms with Gasteiger partial charge in [-0.1, -0.05) is 23.4 Å². The van der Waals surface area contributed by atoms with E-state index in [9.17, 15) is 0 Å². The second kappa shape index (κ2) is 4.46. The topological polar surface area (TPSA) is 35.3 Å². The largest absolute Gasteiger partial charge is 0.497 e. The standard InChI is InChI=1S/C12H11NO2/c1-14-12-6-3-10(4-7-12)2-5-11-8-9-15-13-11/h2-9H,1H3. The van der Waals surface area contributed by atoms with Crippen molar-refractivity contribution in [2.45, 2.75) is 0 Å². The summed E-state index contributed by atoms with van der Waals surface area (Å²) in [6, 6.07) is 9.61. The van der Waals surface area contributed by atoms with E-state index in [1.165, 1.54) is 0 Å². The molecule has 0 bridgehead atoms. The first-order valence-electron chi connectivity index (χ1n) is 4.61. The molecular weight excluding hydrogens is 190 g/mol. The van der Waals surface area contributed by atoms with E-state index in [0.29, 0.717) is 0 Å². The minimum atomic E-state index is 0.811. The molecule has 0 atom stereocenters. The second-order valence-corrected chi connectivity index (χ2v) is 3.03. The fourth-order valence-electron chi connectivity index (χ4n) is 1.20. The highest BCUT2D eigenvalue weighted by molar-refractivity contribution is 5.67. The van der Waals surface area contributed by atoms with Crippen molar-refractivity contribution < 1.29 is 9.26 Å². The van der Waals surface area contributed by atoms with Gasteiger partial charge in [0.2, 0.25) is 0 Å². The Labute approximate surface area is 88.0 Å². The molecule has 15 heavy (non-hydrogen) atoms. The summed E-state index contributed by atoms with van der Waals surface area (Å²) < 4.78 is 9.79. The Morgan fingerprint density at radius 1 is 1.13 bits per heavy atom. The number of aromatic nitrogens is 1. The maximum atomic E-state index is 5.07. The van der Waals surface area contributed by atoms with Crippen LogP contribution in [0.4, 0.5) is 0 Å². The van der Waals surface area contributed by atoms with Crippen molar-refractivity contribution in [2.75, 3.05) is 7.11 Å². The van der Waals surface area contributed by atoms with Gasteiger partial charge >= 0.3 is 0 Å². The third kappa shape index (κ3) is 2.47. The lowest BCUT2D eigenvalue weighted by Gasteiger charge is -1.98. The lowest BCUT2D eigenvalue weighted by atomic mass is 10.2. The summed E-state index contributed by atoms with van der Waals surface area (Å²) in [6.45, 7) is 0. The molecule has 0 aliphatic carbocycles. The number of hydrogen-bond donors (Lipinski definition) is 0. The van der Waals surface area contributed by atoms with Gasteiger partial charge in [0, 0.05) is 6.07 Å². The lowest BCUT2D eigenvalue weighted by molar-refractivity contribution is 0.415. The van der Waals surface area contributed by atoms with Crippen molar-refractivity contribution in [3.8, 4) is 5.75 Å². The van der Waals surface area contributed by atoms with Gasteiger partial charge in [-0.15, -0.1) is 0 Å². The van der Waals surface area contributed by atoms with Crippen molar-refractivity contribution in [3.05, 3.63) is 47.9 Å². The molecule has 3 heteroatoms. The number of ether oxygens (including phenoxy) is 1. The number of methoxy groups -OCH3 is 1.